The summed E-state index contributed by atoms with van der Waals surface area (Å²) in [7, 11) is 0. The summed E-state index contributed by atoms with van der Waals surface area (Å²) in [5, 5.41) is 2.79. The number of nitrogens with one attached hydrogen (secondary N) is 2. The van der Waals surface area contributed by atoms with Crippen LogP contribution in [0.5, 0.6) is 0 Å². The highest BCUT2D eigenvalue weighted by atomic mass is 19.3. The Kier molecular flexibility index (Phi) is 4.57. The van der Waals surface area contributed by atoms with Crippen molar-refractivity contribution in [2.45, 2.75) is 25.3 Å². The molecule has 1 saturated heterocycles. The Labute approximate surface area is 154 Å². The number of carbonyl (C=O) groups is 1. The van der Waals surface area contributed by atoms with E-state index in [9.17, 15) is 13.6 Å². The van der Waals surface area contributed by atoms with Gasteiger partial charge in [-0.3, -0.25) is 14.2 Å². The van der Waals surface area contributed by atoms with Crippen molar-refractivity contribution in [3.63, 3.8) is 0 Å². The van der Waals surface area contributed by atoms with Crippen LogP contribution >= 0.6 is 0 Å². The third-order valence-corrected chi connectivity index (χ3v) is 4.85. The number of quaternary nitrogens is 1. The number of alkyl halides is 2. The zero-order valence-corrected chi connectivity index (χ0v) is 14.7. The summed E-state index contributed by atoms with van der Waals surface area (Å²) in [5.41, 5.74) is 2.14. The van der Waals surface area contributed by atoms with Gasteiger partial charge in [0.1, 0.15) is 12.2 Å². The first-order valence-electron chi connectivity index (χ1n) is 8.91. The first-order valence-corrected chi connectivity index (χ1v) is 8.91. The van der Waals surface area contributed by atoms with E-state index in [0.717, 1.165) is 16.1 Å². The lowest BCUT2D eigenvalue weighted by molar-refractivity contribution is -0.921. The minimum Gasteiger partial charge on any atom is -0.329 e. The van der Waals surface area contributed by atoms with Crippen LogP contribution in [0.15, 0.2) is 48.9 Å². The fourth-order valence-electron chi connectivity index (χ4n) is 3.40. The lowest BCUT2D eigenvalue weighted by Gasteiger charge is -2.28. The molecule has 0 aliphatic carbocycles. The summed E-state index contributed by atoms with van der Waals surface area (Å²) in [4.78, 5) is 22.3. The number of piperidine rings is 1. The highest BCUT2D eigenvalue weighted by Crippen LogP contribution is 2.23. The van der Waals surface area contributed by atoms with Crippen molar-refractivity contribution in [1.82, 2.24) is 14.4 Å². The molecule has 1 aliphatic rings. The van der Waals surface area contributed by atoms with E-state index in [4.69, 9.17) is 0 Å². The topological polar surface area (TPSA) is 63.7 Å². The predicted octanol–water partition coefficient (Wildman–Crippen LogP) is 1.80. The first kappa shape index (κ1) is 17.5. The van der Waals surface area contributed by atoms with E-state index in [1.807, 2.05) is 18.2 Å². The molecule has 1 amide bonds. The van der Waals surface area contributed by atoms with Gasteiger partial charge in [0, 0.05) is 12.4 Å². The van der Waals surface area contributed by atoms with Crippen LogP contribution in [0.4, 0.5) is 14.5 Å². The van der Waals surface area contributed by atoms with Gasteiger partial charge in [0.25, 0.3) is 11.8 Å². The molecule has 0 spiro atoms. The summed E-state index contributed by atoms with van der Waals surface area (Å²) >= 11 is 0. The summed E-state index contributed by atoms with van der Waals surface area (Å²) in [6.45, 7) is 1.32. The summed E-state index contributed by atoms with van der Waals surface area (Å²) in [6.07, 6.45) is 4.75. The van der Waals surface area contributed by atoms with Crippen LogP contribution in [0.3, 0.4) is 0 Å². The van der Waals surface area contributed by atoms with Crippen LogP contribution in [-0.2, 0) is 6.54 Å². The number of carbonyl (C=O) groups excluding carboxylic acids is 1. The number of rotatable bonds is 4. The third-order valence-electron chi connectivity index (χ3n) is 4.85. The maximum Gasteiger partial charge on any atom is 0.292 e. The lowest BCUT2D eigenvalue weighted by atomic mass is 10.1. The third kappa shape index (κ3) is 3.80. The molecule has 140 valence electrons. The Morgan fingerprint density at radius 3 is 2.78 bits per heavy atom. The molecule has 8 heteroatoms. The number of likely N-dealkylation sites (tertiary alicyclic amines) is 1. The van der Waals surface area contributed by atoms with Gasteiger partial charge >= 0.3 is 0 Å². The number of fused-ring (bicyclic) bond motifs is 1. The van der Waals surface area contributed by atoms with E-state index in [1.54, 1.807) is 35.1 Å². The molecule has 3 aromatic heterocycles. The average molecular weight is 372 g/mol. The highest BCUT2D eigenvalue weighted by Gasteiger charge is 2.37. The number of pyridine rings is 2. The van der Waals surface area contributed by atoms with E-state index in [-0.39, 0.29) is 24.6 Å². The molecule has 1 fully saturated rings. The molecule has 0 bridgehead atoms. The van der Waals surface area contributed by atoms with Crippen LogP contribution < -0.4 is 10.2 Å². The van der Waals surface area contributed by atoms with E-state index >= 15 is 0 Å². The minimum atomic E-state index is -2.56. The minimum absolute atomic E-state index is 0.109. The number of nitrogens with zero attached hydrogens (tertiary/aromatic N) is 3. The Morgan fingerprint density at radius 2 is 2.04 bits per heavy atom. The van der Waals surface area contributed by atoms with Gasteiger partial charge in [-0.05, 0) is 24.3 Å². The quantitative estimate of drug-likeness (QED) is 0.734. The Balaban J connectivity index is 1.58. The van der Waals surface area contributed by atoms with E-state index in [0.29, 0.717) is 25.3 Å². The molecule has 27 heavy (non-hydrogen) atoms. The maximum absolute atomic E-state index is 13.4. The van der Waals surface area contributed by atoms with Crippen molar-refractivity contribution in [3.8, 4) is 0 Å². The number of halogens is 2. The number of hydrogen-bond acceptors (Lipinski definition) is 3. The molecule has 3 aromatic rings. The second kappa shape index (κ2) is 7.03. The van der Waals surface area contributed by atoms with Crippen molar-refractivity contribution in [2.75, 3.05) is 18.4 Å². The van der Waals surface area contributed by atoms with Crippen LogP contribution in [0.1, 0.15) is 29.2 Å². The molecule has 6 nitrogen and oxygen atoms in total. The van der Waals surface area contributed by atoms with Crippen LogP contribution in [0, 0.1) is 0 Å². The van der Waals surface area contributed by atoms with E-state index in [1.165, 1.54) is 0 Å². The largest absolute Gasteiger partial charge is 0.329 e. The Hall–Kier alpha value is -2.87. The maximum atomic E-state index is 13.4. The average Bonchev–Trinajstić information content (AvgIpc) is 3.03. The van der Waals surface area contributed by atoms with Gasteiger partial charge in [-0.25, -0.2) is 13.8 Å². The first-order chi connectivity index (χ1) is 13.0. The fraction of sp³-hybridized carbons (Fsp3) is 0.316. The second-order valence-electron chi connectivity index (χ2n) is 6.82. The van der Waals surface area contributed by atoms with E-state index < -0.39 is 5.92 Å². The molecule has 0 atom stereocenters. The van der Waals surface area contributed by atoms with Gasteiger partial charge in [-0.2, -0.15) is 0 Å². The highest BCUT2D eigenvalue weighted by molar-refractivity contribution is 6.02. The monoisotopic (exact) mass is 372 g/mol. The standard InChI is InChI=1S/C19H19F2N5O/c20-19(21)6-10-25(11-7-19)13-15-16-5-1-2-9-26(16)17(24-15)18(27)23-14-4-3-8-22-12-14/h1-5,8-9,12H,6-7,10-11,13H2,(H,23,27)/p+1. The number of hydrogen-bond donors (Lipinski definition) is 2. The number of amides is 1. The smallest absolute Gasteiger partial charge is 0.292 e. The van der Waals surface area contributed by atoms with Gasteiger partial charge in [-0.15, -0.1) is 0 Å². The van der Waals surface area contributed by atoms with Crippen LogP contribution in [0.2, 0.25) is 0 Å². The molecule has 0 unspecified atom stereocenters. The molecule has 0 radical (unpaired) electrons. The molecular weight excluding hydrogens is 352 g/mol. The molecule has 2 N–H and O–H groups in total. The molecule has 4 heterocycles. The van der Waals surface area contributed by atoms with Gasteiger partial charge in [0.05, 0.1) is 43.3 Å². The molecule has 1 aliphatic heterocycles. The second-order valence-corrected chi connectivity index (χ2v) is 6.82. The normalized spacial score (nSPS) is 17.1. The SMILES string of the molecule is O=C(Nc1cccnc1)c1nc(C[NH+]2CCC(F)(F)CC2)c2ccccn12. The fourth-order valence-corrected chi connectivity index (χ4v) is 3.40. The molecule has 0 saturated carbocycles. The van der Waals surface area contributed by atoms with Gasteiger partial charge < -0.3 is 10.2 Å². The van der Waals surface area contributed by atoms with Crippen molar-refractivity contribution in [2.24, 2.45) is 0 Å². The van der Waals surface area contributed by atoms with Crippen molar-refractivity contribution in [1.29, 1.82) is 0 Å². The zero-order valence-electron chi connectivity index (χ0n) is 14.7. The van der Waals surface area contributed by atoms with E-state index in [2.05, 4.69) is 15.3 Å². The molecule has 4 rings (SSSR count). The van der Waals surface area contributed by atoms with Gasteiger partial charge in [-0.1, -0.05) is 6.07 Å². The summed E-state index contributed by atoms with van der Waals surface area (Å²) in [5.74, 6) is -2.63. The Morgan fingerprint density at radius 1 is 1.22 bits per heavy atom. The predicted molar refractivity (Wildman–Crippen MR) is 96.0 cm³/mol. The van der Waals surface area contributed by atoms with Crippen LogP contribution in [0.25, 0.3) is 5.52 Å². The number of aromatic nitrogens is 3. The molecular formula is C19H20F2N5O+. The van der Waals surface area contributed by atoms with Gasteiger partial charge in [0.15, 0.2) is 0 Å². The number of imidazole rings is 1. The van der Waals surface area contributed by atoms with Crippen molar-refractivity contribution in [3.05, 3.63) is 60.4 Å². The summed E-state index contributed by atoms with van der Waals surface area (Å²) < 4.78 is 28.5. The van der Waals surface area contributed by atoms with Gasteiger partial charge in [0.2, 0.25) is 5.82 Å². The zero-order chi connectivity index (χ0) is 18.9. The summed E-state index contributed by atoms with van der Waals surface area (Å²) in [6, 6.07) is 9.08. The van der Waals surface area contributed by atoms with Crippen molar-refractivity contribution >= 4 is 17.1 Å². The lowest BCUT2D eigenvalue weighted by Crippen LogP contribution is -3.12. The van der Waals surface area contributed by atoms with Crippen LogP contribution in [-0.4, -0.2) is 39.3 Å². The number of anilines is 1. The van der Waals surface area contributed by atoms with Crippen molar-refractivity contribution < 1.29 is 18.5 Å². The molecule has 0 aromatic carbocycles. The Bertz CT molecular complexity index is 947.